The summed E-state index contributed by atoms with van der Waals surface area (Å²) in [5, 5.41) is 3.07. The van der Waals surface area contributed by atoms with E-state index in [4.69, 9.17) is 4.74 Å². The Morgan fingerprint density at radius 1 is 1.06 bits per heavy atom. The van der Waals surface area contributed by atoms with Crippen molar-refractivity contribution in [2.75, 3.05) is 31.1 Å². The van der Waals surface area contributed by atoms with E-state index in [0.717, 1.165) is 44.1 Å². The second kappa shape index (κ2) is 9.38. The van der Waals surface area contributed by atoms with Crippen LogP contribution in [0.2, 0.25) is 0 Å². The third kappa shape index (κ3) is 4.42. The van der Waals surface area contributed by atoms with E-state index in [-0.39, 0.29) is 35.9 Å². The summed E-state index contributed by atoms with van der Waals surface area (Å²) in [6.45, 7) is 0.597. The minimum Gasteiger partial charge on any atom is -0.482 e. The highest BCUT2D eigenvalue weighted by Gasteiger charge is 2.32. The molecule has 1 unspecified atom stereocenters. The van der Waals surface area contributed by atoms with E-state index in [0.29, 0.717) is 24.5 Å². The van der Waals surface area contributed by atoms with E-state index in [1.54, 1.807) is 6.07 Å². The van der Waals surface area contributed by atoms with Crippen molar-refractivity contribution < 1.29 is 22.7 Å². The van der Waals surface area contributed by atoms with Gasteiger partial charge in [0.05, 0.1) is 16.6 Å². The van der Waals surface area contributed by atoms with Crippen molar-refractivity contribution in [3.8, 4) is 5.75 Å². The van der Waals surface area contributed by atoms with Gasteiger partial charge >= 0.3 is 0 Å². The average Bonchev–Trinajstić information content (AvgIpc) is 2.86. The fourth-order valence-corrected chi connectivity index (χ4v) is 6.60. The van der Waals surface area contributed by atoms with Crippen molar-refractivity contribution in [1.29, 1.82) is 0 Å². The van der Waals surface area contributed by atoms with Crippen LogP contribution >= 0.6 is 0 Å². The number of carbonyl (C=O) groups is 2. The van der Waals surface area contributed by atoms with Crippen molar-refractivity contribution in [2.45, 2.75) is 49.5 Å². The Labute approximate surface area is 199 Å². The van der Waals surface area contributed by atoms with E-state index in [9.17, 15) is 18.0 Å². The molecule has 1 saturated heterocycles. The molecule has 0 bridgehead atoms. The zero-order valence-corrected chi connectivity index (χ0v) is 19.9. The number of hydrogen-bond acceptors (Lipinski definition) is 5. The Bertz CT molecular complexity index is 1210. The van der Waals surface area contributed by atoms with E-state index in [1.807, 2.05) is 18.2 Å². The first-order chi connectivity index (χ1) is 16.4. The summed E-state index contributed by atoms with van der Waals surface area (Å²) in [4.78, 5) is 27.1. The van der Waals surface area contributed by atoms with Gasteiger partial charge in [-0.15, -0.1) is 0 Å². The number of benzene rings is 2. The maximum absolute atomic E-state index is 13.2. The highest BCUT2D eigenvalue weighted by atomic mass is 32.2. The molecule has 180 valence electrons. The maximum Gasteiger partial charge on any atom is 0.265 e. The third-order valence-corrected chi connectivity index (χ3v) is 8.73. The minimum atomic E-state index is -3.68. The van der Waals surface area contributed by atoms with Gasteiger partial charge in [-0.2, -0.15) is 4.31 Å². The Hall–Kier alpha value is -2.91. The van der Waals surface area contributed by atoms with Crippen molar-refractivity contribution in [3.63, 3.8) is 0 Å². The topological polar surface area (TPSA) is 96.0 Å². The molecule has 3 aliphatic rings. The summed E-state index contributed by atoms with van der Waals surface area (Å²) in [5.41, 5.74) is 2.67. The zero-order valence-electron chi connectivity index (χ0n) is 19.0. The fraction of sp³-hybridized carbons (Fsp3) is 0.440. The Morgan fingerprint density at radius 2 is 1.85 bits per heavy atom. The molecule has 0 saturated carbocycles. The fourth-order valence-electron chi connectivity index (χ4n) is 5.06. The number of amides is 2. The molecular formula is C25H29N3O5S. The number of anilines is 1. The molecule has 1 atom stereocenters. The van der Waals surface area contributed by atoms with Crippen molar-refractivity contribution in [1.82, 2.24) is 9.62 Å². The molecule has 0 radical (unpaired) electrons. The predicted molar refractivity (Wildman–Crippen MR) is 127 cm³/mol. The van der Waals surface area contributed by atoms with Crippen LogP contribution in [0.3, 0.4) is 0 Å². The van der Waals surface area contributed by atoms with Crippen LogP contribution in [-0.2, 0) is 26.0 Å². The third-order valence-electron chi connectivity index (χ3n) is 6.83. The lowest BCUT2D eigenvalue weighted by Crippen LogP contribution is -2.46. The molecular weight excluding hydrogens is 454 g/mol. The smallest absolute Gasteiger partial charge is 0.265 e. The Kier molecular flexibility index (Phi) is 6.31. The summed E-state index contributed by atoms with van der Waals surface area (Å²) in [7, 11) is -3.68. The number of nitrogens with one attached hydrogen (secondary N) is 1. The summed E-state index contributed by atoms with van der Waals surface area (Å²) >= 11 is 0. The number of sulfonamides is 1. The highest BCUT2D eigenvalue weighted by molar-refractivity contribution is 7.89. The molecule has 8 nitrogen and oxygen atoms in total. The molecule has 5 rings (SSSR count). The maximum atomic E-state index is 13.2. The van der Waals surface area contributed by atoms with Crippen LogP contribution in [0.5, 0.6) is 5.75 Å². The normalized spacial score (nSPS) is 20.8. The molecule has 1 aliphatic carbocycles. The minimum absolute atomic E-state index is 0.0983. The first-order valence-corrected chi connectivity index (χ1v) is 13.3. The van der Waals surface area contributed by atoms with E-state index in [1.165, 1.54) is 26.9 Å². The number of nitrogens with zero attached hydrogens (tertiary/aromatic N) is 2. The van der Waals surface area contributed by atoms with Gasteiger partial charge in [-0.1, -0.05) is 30.7 Å². The molecule has 9 heteroatoms. The molecule has 2 aromatic rings. The zero-order chi connectivity index (χ0) is 23.7. The quantitative estimate of drug-likeness (QED) is 0.706. The summed E-state index contributed by atoms with van der Waals surface area (Å²) in [5.74, 6) is -0.264. The number of ether oxygens (including phenoxy) is 1. The number of hydrogen-bond donors (Lipinski definition) is 1. The number of aryl methyl sites for hydroxylation is 1. The van der Waals surface area contributed by atoms with E-state index < -0.39 is 10.0 Å². The van der Waals surface area contributed by atoms with Gasteiger partial charge in [-0.25, -0.2) is 8.42 Å². The second-order valence-electron chi connectivity index (χ2n) is 9.07. The van der Waals surface area contributed by atoms with Crippen molar-refractivity contribution in [2.24, 2.45) is 0 Å². The van der Waals surface area contributed by atoms with Crippen LogP contribution < -0.4 is 15.0 Å². The first-order valence-electron chi connectivity index (χ1n) is 11.9. The standard InChI is InChI=1S/C25H29N3O5S/c29-24(26-21-10-6-8-18-7-2-3-9-20(18)21)16-28-22-15-19(11-12-23(22)33-17-25(28)30)34(31,32)27-13-4-1-5-14-27/h2-3,7,9,11-12,15,21H,1,4-6,8,10,13-14,16-17H2,(H,26,29). The van der Waals surface area contributed by atoms with Gasteiger partial charge in [-0.05, 0) is 61.4 Å². The molecule has 2 aliphatic heterocycles. The predicted octanol–water partition coefficient (Wildman–Crippen LogP) is 2.78. The SMILES string of the molecule is O=C(CN1C(=O)COc2ccc(S(=O)(=O)N3CCCCC3)cc21)NC1CCCc2ccccc21. The van der Waals surface area contributed by atoms with Crippen LogP contribution in [0.25, 0.3) is 0 Å². The summed E-state index contributed by atoms with van der Waals surface area (Å²) in [6, 6.07) is 12.5. The number of piperidine rings is 1. The average molecular weight is 484 g/mol. The van der Waals surface area contributed by atoms with Gasteiger partial charge in [0.15, 0.2) is 6.61 Å². The number of carbonyl (C=O) groups excluding carboxylic acids is 2. The van der Waals surface area contributed by atoms with E-state index in [2.05, 4.69) is 11.4 Å². The number of fused-ring (bicyclic) bond motifs is 2. The number of rotatable bonds is 5. The second-order valence-corrected chi connectivity index (χ2v) is 11.0. The van der Waals surface area contributed by atoms with Crippen LogP contribution in [0.1, 0.15) is 49.3 Å². The van der Waals surface area contributed by atoms with Crippen molar-refractivity contribution in [3.05, 3.63) is 53.6 Å². The first kappa shape index (κ1) is 22.9. The highest BCUT2D eigenvalue weighted by Crippen LogP contribution is 2.35. The lowest BCUT2D eigenvalue weighted by atomic mass is 9.88. The molecule has 2 aromatic carbocycles. The van der Waals surface area contributed by atoms with E-state index >= 15 is 0 Å². The van der Waals surface area contributed by atoms with Gasteiger partial charge in [0.25, 0.3) is 5.91 Å². The summed E-state index contributed by atoms with van der Waals surface area (Å²) < 4.78 is 33.3. The molecule has 0 spiro atoms. The van der Waals surface area contributed by atoms with Crippen LogP contribution in [-0.4, -0.2) is 50.8 Å². The monoisotopic (exact) mass is 483 g/mol. The Balaban J connectivity index is 1.37. The molecule has 2 amide bonds. The van der Waals surface area contributed by atoms with Crippen LogP contribution in [0, 0.1) is 0 Å². The molecule has 1 fully saturated rings. The van der Waals surface area contributed by atoms with Crippen molar-refractivity contribution >= 4 is 27.5 Å². The lowest BCUT2D eigenvalue weighted by molar-refractivity contribution is -0.125. The molecule has 1 N–H and O–H groups in total. The molecule has 34 heavy (non-hydrogen) atoms. The van der Waals surface area contributed by atoms with Crippen LogP contribution in [0.15, 0.2) is 47.4 Å². The Morgan fingerprint density at radius 3 is 2.68 bits per heavy atom. The van der Waals surface area contributed by atoms with Gasteiger partial charge in [0.2, 0.25) is 15.9 Å². The lowest BCUT2D eigenvalue weighted by Gasteiger charge is -2.31. The van der Waals surface area contributed by atoms with Gasteiger partial charge < -0.3 is 10.1 Å². The molecule has 2 heterocycles. The van der Waals surface area contributed by atoms with Crippen LogP contribution in [0.4, 0.5) is 5.69 Å². The van der Waals surface area contributed by atoms with Gasteiger partial charge in [0.1, 0.15) is 12.3 Å². The molecule has 0 aromatic heterocycles. The van der Waals surface area contributed by atoms with Gasteiger partial charge in [0, 0.05) is 13.1 Å². The summed E-state index contributed by atoms with van der Waals surface area (Å²) in [6.07, 6.45) is 5.51. The largest absolute Gasteiger partial charge is 0.482 e. The van der Waals surface area contributed by atoms with Gasteiger partial charge in [-0.3, -0.25) is 14.5 Å².